The quantitative estimate of drug-likeness (QED) is 0.431. The number of hydrogen-bond donors (Lipinski definition) is 2. The lowest BCUT2D eigenvalue weighted by molar-refractivity contribution is 0.145. The van der Waals surface area contributed by atoms with Gasteiger partial charge in [0.1, 0.15) is 12.4 Å². The maximum Gasteiger partial charge on any atom is 0.191 e. The van der Waals surface area contributed by atoms with Crippen LogP contribution >= 0.6 is 0 Å². The van der Waals surface area contributed by atoms with Crippen LogP contribution in [0.15, 0.2) is 4.99 Å². The summed E-state index contributed by atoms with van der Waals surface area (Å²) in [5.74, 6) is 2.66. The van der Waals surface area contributed by atoms with Crippen LogP contribution in [-0.2, 0) is 18.3 Å². The van der Waals surface area contributed by atoms with Crippen LogP contribution in [0.2, 0.25) is 0 Å². The average Bonchev–Trinajstić information content (AvgIpc) is 3.16. The summed E-state index contributed by atoms with van der Waals surface area (Å²) in [5, 5.41) is 15.2. The Kier molecular flexibility index (Phi) is 7.32. The van der Waals surface area contributed by atoms with E-state index in [1.807, 2.05) is 25.5 Å². The number of rotatable bonds is 8. The molecule has 0 spiro atoms. The number of guanidine groups is 1. The second kappa shape index (κ2) is 9.50. The SMILES string of the molecule is CCOCCCNC(=NCc1nnc(C)n1C)NC1CCCC1. The van der Waals surface area contributed by atoms with Crippen molar-refractivity contribution in [2.24, 2.45) is 12.0 Å². The van der Waals surface area contributed by atoms with Crippen molar-refractivity contribution in [3.63, 3.8) is 0 Å². The fourth-order valence-corrected chi connectivity index (χ4v) is 2.68. The van der Waals surface area contributed by atoms with Crippen LogP contribution in [0.5, 0.6) is 0 Å². The minimum atomic E-state index is 0.533. The standard InChI is InChI=1S/C16H30N6O/c1-4-23-11-7-10-17-16(19-14-8-5-6-9-14)18-12-15-21-20-13(2)22(15)3/h14H,4-12H2,1-3H3,(H2,17,18,19). The lowest BCUT2D eigenvalue weighted by atomic mass is 10.2. The van der Waals surface area contributed by atoms with E-state index in [0.717, 1.165) is 43.8 Å². The molecule has 0 saturated heterocycles. The highest BCUT2D eigenvalue weighted by molar-refractivity contribution is 5.80. The molecule has 0 radical (unpaired) electrons. The van der Waals surface area contributed by atoms with Crippen LogP contribution < -0.4 is 10.6 Å². The fourth-order valence-electron chi connectivity index (χ4n) is 2.68. The van der Waals surface area contributed by atoms with Gasteiger partial charge in [0.25, 0.3) is 0 Å². The first-order valence-corrected chi connectivity index (χ1v) is 8.68. The second-order valence-electron chi connectivity index (χ2n) is 5.99. The predicted molar refractivity (Wildman–Crippen MR) is 91.4 cm³/mol. The number of aryl methyl sites for hydroxylation is 1. The monoisotopic (exact) mass is 322 g/mol. The first-order chi connectivity index (χ1) is 11.2. The molecule has 0 aromatic carbocycles. The minimum Gasteiger partial charge on any atom is -0.382 e. The molecule has 2 N–H and O–H groups in total. The molecule has 1 fully saturated rings. The van der Waals surface area contributed by atoms with Gasteiger partial charge >= 0.3 is 0 Å². The Labute approximate surface area is 138 Å². The maximum atomic E-state index is 5.37. The van der Waals surface area contributed by atoms with E-state index in [1.165, 1.54) is 25.7 Å². The Hall–Kier alpha value is -1.63. The molecule has 7 nitrogen and oxygen atoms in total. The molecule has 0 unspecified atom stereocenters. The van der Waals surface area contributed by atoms with E-state index in [1.54, 1.807) is 0 Å². The molecule has 1 aromatic heterocycles. The van der Waals surface area contributed by atoms with Crippen LogP contribution in [0.25, 0.3) is 0 Å². The third-order valence-corrected chi connectivity index (χ3v) is 4.22. The van der Waals surface area contributed by atoms with Gasteiger partial charge in [0.2, 0.25) is 0 Å². The Bertz CT molecular complexity index is 493. The van der Waals surface area contributed by atoms with Gasteiger partial charge in [-0.25, -0.2) is 4.99 Å². The highest BCUT2D eigenvalue weighted by Gasteiger charge is 2.16. The van der Waals surface area contributed by atoms with E-state index < -0.39 is 0 Å². The third-order valence-electron chi connectivity index (χ3n) is 4.22. The summed E-state index contributed by atoms with van der Waals surface area (Å²) in [6.45, 7) is 6.91. The normalized spacial score (nSPS) is 16.0. The number of aromatic nitrogens is 3. The van der Waals surface area contributed by atoms with Gasteiger partial charge in [-0.3, -0.25) is 0 Å². The van der Waals surface area contributed by atoms with Crippen molar-refractivity contribution in [3.05, 3.63) is 11.6 Å². The van der Waals surface area contributed by atoms with Gasteiger partial charge in [-0.15, -0.1) is 10.2 Å². The fraction of sp³-hybridized carbons (Fsp3) is 0.812. The van der Waals surface area contributed by atoms with E-state index in [-0.39, 0.29) is 0 Å². The summed E-state index contributed by atoms with van der Waals surface area (Å²) in [6.07, 6.45) is 6.03. The minimum absolute atomic E-state index is 0.533. The van der Waals surface area contributed by atoms with Gasteiger partial charge in [-0.2, -0.15) is 0 Å². The number of aliphatic imine (C=N–C) groups is 1. The van der Waals surface area contributed by atoms with Crippen LogP contribution in [0.1, 0.15) is 50.7 Å². The number of hydrogen-bond acceptors (Lipinski definition) is 4. The summed E-state index contributed by atoms with van der Waals surface area (Å²) >= 11 is 0. The summed E-state index contributed by atoms with van der Waals surface area (Å²) < 4.78 is 7.35. The van der Waals surface area contributed by atoms with Crippen molar-refractivity contribution in [2.75, 3.05) is 19.8 Å². The molecule has 2 rings (SSSR count). The molecule has 7 heteroatoms. The van der Waals surface area contributed by atoms with E-state index >= 15 is 0 Å². The van der Waals surface area contributed by atoms with Gasteiger partial charge in [0, 0.05) is 32.8 Å². The molecular formula is C16H30N6O. The van der Waals surface area contributed by atoms with Crippen molar-refractivity contribution < 1.29 is 4.74 Å². The lowest BCUT2D eigenvalue weighted by Crippen LogP contribution is -2.43. The van der Waals surface area contributed by atoms with Crippen LogP contribution in [-0.4, -0.2) is 46.5 Å². The Morgan fingerprint density at radius 2 is 2.13 bits per heavy atom. The van der Waals surface area contributed by atoms with E-state index in [0.29, 0.717) is 12.6 Å². The molecule has 130 valence electrons. The predicted octanol–water partition coefficient (Wildman–Crippen LogP) is 1.53. The molecule has 1 aliphatic carbocycles. The van der Waals surface area contributed by atoms with Crippen molar-refractivity contribution in [2.45, 2.75) is 58.5 Å². The zero-order valence-electron chi connectivity index (χ0n) is 14.6. The van der Waals surface area contributed by atoms with E-state index in [2.05, 4.69) is 25.8 Å². The molecule has 23 heavy (non-hydrogen) atoms. The second-order valence-corrected chi connectivity index (χ2v) is 5.99. The largest absolute Gasteiger partial charge is 0.382 e. The molecule has 0 atom stereocenters. The van der Waals surface area contributed by atoms with Crippen molar-refractivity contribution in [3.8, 4) is 0 Å². The smallest absolute Gasteiger partial charge is 0.191 e. The first kappa shape index (κ1) is 17.7. The highest BCUT2D eigenvalue weighted by atomic mass is 16.5. The first-order valence-electron chi connectivity index (χ1n) is 8.68. The van der Waals surface area contributed by atoms with Gasteiger partial charge in [-0.1, -0.05) is 12.8 Å². The zero-order valence-corrected chi connectivity index (χ0v) is 14.6. The van der Waals surface area contributed by atoms with Crippen molar-refractivity contribution in [1.82, 2.24) is 25.4 Å². The number of nitrogens with zero attached hydrogens (tertiary/aromatic N) is 4. The summed E-state index contributed by atoms with van der Waals surface area (Å²) in [4.78, 5) is 4.68. The molecule has 1 saturated carbocycles. The van der Waals surface area contributed by atoms with E-state index in [9.17, 15) is 0 Å². The van der Waals surface area contributed by atoms with Gasteiger partial charge in [-0.05, 0) is 33.1 Å². The van der Waals surface area contributed by atoms with Gasteiger partial charge in [0.05, 0.1) is 0 Å². The molecular weight excluding hydrogens is 292 g/mol. The summed E-state index contributed by atoms with van der Waals surface area (Å²) in [6, 6.07) is 0.536. The zero-order chi connectivity index (χ0) is 16.5. The summed E-state index contributed by atoms with van der Waals surface area (Å²) in [7, 11) is 1.97. The van der Waals surface area contributed by atoms with Crippen LogP contribution in [0.3, 0.4) is 0 Å². The Morgan fingerprint density at radius 3 is 2.78 bits per heavy atom. The molecule has 0 amide bonds. The van der Waals surface area contributed by atoms with Gasteiger partial charge in [0.15, 0.2) is 11.8 Å². The maximum absolute atomic E-state index is 5.37. The van der Waals surface area contributed by atoms with E-state index in [4.69, 9.17) is 4.74 Å². The number of nitrogens with one attached hydrogen (secondary N) is 2. The van der Waals surface area contributed by atoms with Crippen molar-refractivity contribution in [1.29, 1.82) is 0 Å². The third kappa shape index (κ3) is 5.82. The topological polar surface area (TPSA) is 76.4 Å². The molecule has 1 heterocycles. The lowest BCUT2D eigenvalue weighted by Gasteiger charge is -2.17. The molecule has 0 aliphatic heterocycles. The van der Waals surface area contributed by atoms with Crippen molar-refractivity contribution >= 4 is 5.96 Å². The Morgan fingerprint density at radius 1 is 1.35 bits per heavy atom. The average molecular weight is 322 g/mol. The molecule has 1 aliphatic rings. The summed E-state index contributed by atoms with van der Waals surface area (Å²) in [5.41, 5.74) is 0. The highest BCUT2D eigenvalue weighted by Crippen LogP contribution is 2.17. The Balaban J connectivity index is 1.88. The van der Waals surface area contributed by atoms with Gasteiger partial charge < -0.3 is 19.9 Å². The number of ether oxygens (including phenoxy) is 1. The van der Waals surface area contributed by atoms with Crippen LogP contribution in [0.4, 0.5) is 0 Å². The van der Waals surface area contributed by atoms with Crippen LogP contribution in [0, 0.1) is 6.92 Å². The molecule has 0 bridgehead atoms. The molecule has 1 aromatic rings.